The highest BCUT2D eigenvalue weighted by molar-refractivity contribution is 5.67. The van der Waals surface area contributed by atoms with Gasteiger partial charge in [-0.3, -0.25) is 0 Å². The summed E-state index contributed by atoms with van der Waals surface area (Å²) in [6, 6.07) is 18.1. The second kappa shape index (κ2) is 6.27. The molecule has 0 saturated carbocycles. The summed E-state index contributed by atoms with van der Waals surface area (Å²) >= 11 is 0. The van der Waals surface area contributed by atoms with Crippen LogP contribution in [-0.4, -0.2) is 17.1 Å². The molecule has 1 N–H and O–H groups in total. The van der Waals surface area contributed by atoms with E-state index in [2.05, 4.69) is 17.1 Å². The second-order valence-corrected chi connectivity index (χ2v) is 4.65. The summed E-state index contributed by atoms with van der Waals surface area (Å²) in [5.41, 5.74) is 4.25. The topological polar surface area (TPSA) is 37.9 Å². The Balaban J connectivity index is 0.00000161. The highest BCUT2D eigenvalue weighted by atomic mass is 16.5. The first kappa shape index (κ1) is 14.9. The van der Waals surface area contributed by atoms with Gasteiger partial charge in [-0.05, 0) is 31.2 Å². The maximum absolute atomic E-state index is 5.17. The van der Waals surface area contributed by atoms with E-state index >= 15 is 0 Å². The fourth-order valence-electron chi connectivity index (χ4n) is 2.22. The van der Waals surface area contributed by atoms with Crippen LogP contribution in [0.4, 0.5) is 0 Å². The van der Waals surface area contributed by atoms with Crippen molar-refractivity contribution in [1.29, 1.82) is 0 Å². The smallest absolute Gasteiger partial charge is 0.138 e. The Kier molecular flexibility index (Phi) is 4.43. The number of nitrogens with zero attached hydrogens (tertiary/aromatic N) is 1. The van der Waals surface area contributed by atoms with Crippen molar-refractivity contribution in [1.82, 2.24) is 9.97 Å². The Morgan fingerprint density at radius 3 is 2.19 bits per heavy atom. The Labute approximate surface area is 125 Å². The summed E-state index contributed by atoms with van der Waals surface area (Å²) in [5, 5.41) is 0. The van der Waals surface area contributed by atoms with Gasteiger partial charge in [0.05, 0.1) is 12.8 Å². The lowest BCUT2D eigenvalue weighted by atomic mass is 10.1. The molecule has 0 spiro atoms. The molecule has 21 heavy (non-hydrogen) atoms. The Morgan fingerprint density at radius 2 is 1.57 bits per heavy atom. The van der Waals surface area contributed by atoms with E-state index in [1.807, 2.05) is 49.4 Å². The van der Waals surface area contributed by atoms with Crippen LogP contribution >= 0.6 is 0 Å². The molecule has 0 unspecified atom stereocenters. The van der Waals surface area contributed by atoms with Crippen molar-refractivity contribution in [3.63, 3.8) is 0 Å². The first-order valence-electron chi connectivity index (χ1n) is 6.54. The molecule has 0 radical (unpaired) electrons. The first-order chi connectivity index (χ1) is 9.78. The number of ether oxygens (including phenoxy) is 1. The molecular formula is C18H20N2O. The van der Waals surface area contributed by atoms with Crippen LogP contribution < -0.4 is 4.74 Å². The highest BCUT2D eigenvalue weighted by Gasteiger charge is 2.10. The number of H-pyrrole nitrogens is 1. The van der Waals surface area contributed by atoms with E-state index in [1.54, 1.807) is 7.11 Å². The summed E-state index contributed by atoms with van der Waals surface area (Å²) in [7, 11) is 1.67. The molecule has 0 aliphatic carbocycles. The summed E-state index contributed by atoms with van der Waals surface area (Å²) in [5.74, 6) is 1.73. The average molecular weight is 280 g/mol. The number of aryl methyl sites for hydroxylation is 1. The molecule has 0 bridgehead atoms. The molecule has 1 heterocycles. The van der Waals surface area contributed by atoms with Gasteiger partial charge in [-0.1, -0.05) is 37.8 Å². The molecule has 0 atom stereocenters. The number of aromatic amines is 1. The molecule has 3 aromatic rings. The third-order valence-electron chi connectivity index (χ3n) is 3.30. The van der Waals surface area contributed by atoms with Gasteiger partial charge in [0.15, 0.2) is 0 Å². The molecule has 0 aliphatic rings. The molecule has 1 aromatic heterocycles. The van der Waals surface area contributed by atoms with Gasteiger partial charge < -0.3 is 9.72 Å². The van der Waals surface area contributed by atoms with Crippen LogP contribution in [-0.2, 0) is 0 Å². The standard InChI is InChI=1S/C17H16N2O.CH4/c1-12-16(13-6-4-3-5-7-13)19-17(18-12)14-8-10-15(20-2)11-9-14;/h3-11H,1-2H3,(H,18,19);1H4. The fourth-order valence-corrected chi connectivity index (χ4v) is 2.22. The van der Waals surface area contributed by atoms with Crippen molar-refractivity contribution in [3.05, 3.63) is 60.3 Å². The van der Waals surface area contributed by atoms with Gasteiger partial charge in [-0.25, -0.2) is 4.98 Å². The lowest BCUT2D eigenvalue weighted by Gasteiger charge is -2.00. The summed E-state index contributed by atoms with van der Waals surface area (Å²) in [6.07, 6.45) is 0. The van der Waals surface area contributed by atoms with Gasteiger partial charge in [-0.2, -0.15) is 0 Å². The van der Waals surface area contributed by atoms with Gasteiger partial charge in [0.2, 0.25) is 0 Å². The van der Waals surface area contributed by atoms with Crippen LogP contribution in [0.5, 0.6) is 5.75 Å². The number of methoxy groups -OCH3 is 1. The Bertz CT molecular complexity index is 700. The van der Waals surface area contributed by atoms with E-state index in [0.29, 0.717) is 0 Å². The normalized spacial score (nSPS) is 10.0. The summed E-state index contributed by atoms with van der Waals surface area (Å²) < 4.78 is 5.17. The van der Waals surface area contributed by atoms with Crippen LogP contribution in [0.15, 0.2) is 54.6 Å². The number of benzene rings is 2. The van der Waals surface area contributed by atoms with E-state index in [0.717, 1.165) is 34.1 Å². The molecule has 108 valence electrons. The zero-order valence-corrected chi connectivity index (χ0v) is 11.6. The number of rotatable bonds is 3. The van der Waals surface area contributed by atoms with Crippen molar-refractivity contribution in [3.8, 4) is 28.4 Å². The van der Waals surface area contributed by atoms with Crippen molar-refractivity contribution in [2.75, 3.05) is 7.11 Å². The van der Waals surface area contributed by atoms with Crippen molar-refractivity contribution < 1.29 is 4.74 Å². The maximum Gasteiger partial charge on any atom is 0.138 e. The SMILES string of the molecule is C.COc1ccc(-c2nc(-c3ccccc3)c(C)[nH]2)cc1. The van der Waals surface area contributed by atoms with Crippen LogP contribution in [0, 0.1) is 6.92 Å². The molecular weight excluding hydrogens is 260 g/mol. The van der Waals surface area contributed by atoms with E-state index in [-0.39, 0.29) is 7.43 Å². The van der Waals surface area contributed by atoms with Crippen molar-refractivity contribution in [2.45, 2.75) is 14.4 Å². The quantitative estimate of drug-likeness (QED) is 0.755. The van der Waals surface area contributed by atoms with Gasteiger partial charge in [-0.15, -0.1) is 0 Å². The Hall–Kier alpha value is -2.55. The minimum atomic E-state index is 0. The molecule has 0 amide bonds. The van der Waals surface area contributed by atoms with Crippen LogP contribution in [0.25, 0.3) is 22.6 Å². The van der Waals surface area contributed by atoms with E-state index < -0.39 is 0 Å². The lowest BCUT2D eigenvalue weighted by Crippen LogP contribution is -1.84. The van der Waals surface area contributed by atoms with Gasteiger partial charge in [0.25, 0.3) is 0 Å². The van der Waals surface area contributed by atoms with Gasteiger partial charge in [0, 0.05) is 16.8 Å². The van der Waals surface area contributed by atoms with Crippen LogP contribution in [0.3, 0.4) is 0 Å². The minimum Gasteiger partial charge on any atom is -0.497 e. The summed E-state index contributed by atoms with van der Waals surface area (Å²) in [4.78, 5) is 8.05. The molecule has 0 aliphatic heterocycles. The van der Waals surface area contributed by atoms with E-state index in [4.69, 9.17) is 9.72 Å². The number of imidazole rings is 1. The number of hydrogen-bond acceptors (Lipinski definition) is 2. The predicted octanol–water partition coefficient (Wildman–Crippen LogP) is 4.70. The highest BCUT2D eigenvalue weighted by Crippen LogP contribution is 2.26. The largest absolute Gasteiger partial charge is 0.497 e. The van der Waals surface area contributed by atoms with E-state index in [1.165, 1.54) is 0 Å². The van der Waals surface area contributed by atoms with Crippen LogP contribution in [0.1, 0.15) is 13.1 Å². The first-order valence-corrected chi connectivity index (χ1v) is 6.54. The third kappa shape index (κ3) is 2.97. The predicted molar refractivity (Wildman–Crippen MR) is 87.5 cm³/mol. The monoisotopic (exact) mass is 280 g/mol. The summed E-state index contributed by atoms with van der Waals surface area (Å²) in [6.45, 7) is 2.04. The maximum atomic E-state index is 5.17. The zero-order valence-electron chi connectivity index (χ0n) is 11.6. The molecule has 0 fully saturated rings. The molecule has 3 nitrogen and oxygen atoms in total. The Morgan fingerprint density at radius 1 is 0.905 bits per heavy atom. The van der Waals surface area contributed by atoms with Gasteiger partial charge in [0.1, 0.15) is 11.6 Å². The number of nitrogens with one attached hydrogen (secondary N) is 1. The molecule has 0 saturated heterocycles. The lowest BCUT2D eigenvalue weighted by molar-refractivity contribution is 0.415. The van der Waals surface area contributed by atoms with Crippen molar-refractivity contribution >= 4 is 0 Å². The minimum absolute atomic E-state index is 0. The molecule has 2 aromatic carbocycles. The fraction of sp³-hybridized carbons (Fsp3) is 0.167. The third-order valence-corrected chi connectivity index (χ3v) is 3.30. The van der Waals surface area contributed by atoms with Crippen molar-refractivity contribution in [2.24, 2.45) is 0 Å². The van der Waals surface area contributed by atoms with E-state index in [9.17, 15) is 0 Å². The average Bonchev–Trinajstić information content (AvgIpc) is 2.90. The van der Waals surface area contributed by atoms with Crippen LogP contribution in [0.2, 0.25) is 0 Å². The molecule has 3 heteroatoms. The second-order valence-electron chi connectivity index (χ2n) is 4.65. The number of hydrogen-bond donors (Lipinski definition) is 1. The van der Waals surface area contributed by atoms with Gasteiger partial charge >= 0.3 is 0 Å². The zero-order chi connectivity index (χ0) is 13.9. The molecule has 3 rings (SSSR count). The number of aromatic nitrogens is 2.